The third-order valence-electron chi connectivity index (χ3n) is 3.08. The Morgan fingerprint density at radius 2 is 2.00 bits per heavy atom. The Bertz CT molecular complexity index is 952. The third-order valence-corrected chi connectivity index (χ3v) is 4.72. The Kier molecular flexibility index (Phi) is 5.23. The number of ether oxygens (including phenoxy) is 1. The Labute approximate surface area is 147 Å². The molecule has 0 atom stereocenters. The highest BCUT2D eigenvalue weighted by atomic mass is 79.9. The van der Waals surface area contributed by atoms with Crippen LogP contribution < -0.4 is 15.2 Å². The lowest BCUT2D eigenvalue weighted by Gasteiger charge is -2.10. The molecule has 0 saturated carbocycles. The van der Waals surface area contributed by atoms with Crippen molar-refractivity contribution in [1.82, 2.24) is 0 Å². The monoisotopic (exact) mass is 409 g/mol. The molecule has 0 unspecified atom stereocenters. The zero-order valence-corrected chi connectivity index (χ0v) is 14.8. The molecule has 0 radical (unpaired) electrons. The number of halogens is 1. The molecular formula is C15H12BrN3O4S. The first kappa shape index (κ1) is 17.9. The van der Waals surface area contributed by atoms with E-state index in [4.69, 9.17) is 15.1 Å². The lowest BCUT2D eigenvalue weighted by molar-refractivity contribution is 0.102. The highest BCUT2D eigenvalue weighted by Gasteiger charge is 2.17. The number of carbonyl (C=O) groups is 1. The number of sulfonamides is 1. The second-order valence-corrected chi connectivity index (χ2v) is 7.06. The number of amides is 1. The standard InChI is InChI=1S/C15H12BrN3O4S/c1-23-13-7-9(2-5-14(13)24(18,21)22)15(20)19-11-3-4-12(16)10(6-11)8-17/h2-7H,1H3,(H,19,20)(H2,18,21,22). The first-order chi connectivity index (χ1) is 11.3. The van der Waals surface area contributed by atoms with Gasteiger partial charge in [-0.3, -0.25) is 4.79 Å². The molecule has 2 rings (SSSR count). The molecule has 0 fully saturated rings. The van der Waals surface area contributed by atoms with E-state index in [9.17, 15) is 13.2 Å². The van der Waals surface area contributed by atoms with E-state index >= 15 is 0 Å². The van der Waals surface area contributed by atoms with Crippen LogP contribution in [0.15, 0.2) is 45.8 Å². The van der Waals surface area contributed by atoms with Crippen LogP contribution >= 0.6 is 15.9 Å². The Morgan fingerprint density at radius 1 is 1.29 bits per heavy atom. The number of primary sulfonamides is 1. The first-order valence-corrected chi connectivity index (χ1v) is 8.82. The van der Waals surface area contributed by atoms with Gasteiger partial charge in [-0.2, -0.15) is 5.26 Å². The molecule has 0 aromatic heterocycles. The molecule has 3 N–H and O–H groups in total. The van der Waals surface area contributed by atoms with Crippen molar-refractivity contribution >= 4 is 37.5 Å². The number of anilines is 1. The number of nitriles is 1. The lowest BCUT2D eigenvalue weighted by Crippen LogP contribution is -2.16. The summed E-state index contributed by atoms with van der Waals surface area (Å²) in [4.78, 5) is 12.1. The van der Waals surface area contributed by atoms with Crippen LogP contribution in [0.5, 0.6) is 5.75 Å². The van der Waals surface area contributed by atoms with Gasteiger partial charge < -0.3 is 10.1 Å². The van der Waals surface area contributed by atoms with Gasteiger partial charge in [0.05, 0.1) is 12.7 Å². The zero-order chi connectivity index (χ0) is 17.9. The largest absolute Gasteiger partial charge is 0.495 e. The second kappa shape index (κ2) is 7.00. The highest BCUT2D eigenvalue weighted by molar-refractivity contribution is 9.10. The molecule has 24 heavy (non-hydrogen) atoms. The summed E-state index contributed by atoms with van der Waals surface area (Å²) in [5.74, 6) is -0.515. The van der Waals surface area contributed by atoms with Crippen molar-refractivity contribution in [3.05, 3.63) is 52.0 Å². The van der Waals surface area contributed by atoms with Crippen LogP contribution in [0, 0.1) is 11.3 Å². The van der Waals surface area contributed by atoms with Crippen molar-refractivity contribution in [3.63, 3.8) is 0 Å². The normalized spacial score (nSPS) is 10.8. The van der Waals surface area contributed by atoms with Gasteiger partial charge in [-0.15, -0.1) is 0 Å². The van der Waals surface area contributed by atoms with Crippen LogP contribution in [0.3, 0.4) is 0 Å². The molecular weight excluding hydrogens is 398 g/mol. The molecule has 0 bridgehead atoms. The Balaban J connectivity index is 2.32. The molecule has 124 valence electrons. The van der Waals surface area contributed by atoms with Crippen molar-refractivity contribution in [2.24, 2.45) is 5.14 Å². The van der Waals surface area contributed by atoms with E-state index in [0.717, 1.165) is 0 Å². The molecule has 7 nitrogen and oxygen atoms in total. The van der Waals surface area contributed by atoms with E-state index in [1.807, 2.05) is 6.07 Å². The Hall–Kier alpha value is -2.41. The average molecular weight is 410 g/mol. The molecule has 0 heterocycles. The number of nitrogens with zero attached hydrogens (tertiary/aromatic N) is 1. The summed E-state index contributed by atoms with van der Waals surface area (Å²) in [6, 6.07) is 10.6. The maximum Gasteiger partial charge on any atom is 0.255 e. The minimum atomic E-state index is -3.96. The zero-order valence-electron chi connectivity index (χ0n) is 12.4. The van der Waals surface area contributed by atoms with Gasteiger partial charge in [-0.05, 0) is 52.3 Å². The minimum absolute atomic E-state index is 0.0290. The fourth-order valence-electron chi connectivity index (χ4n) is 1.94. The molecule has 0 saturated heterocycles. The van der Waals surface area contributed by atoms with Gasteiger partial charge in [-0.25, -0.2) is 13.6 Å². The lowest BCUT2D eigenvalue weighted by atomic mass is 10.1. The predicted octanol–water partition coefficient (Wildman–Crippen LogP) is 2.23. The summed E-state index contributed by atoms with van der Waals surface area (Å²) in [5.41, 5.74) is 0.977. The van der Waals surface area contributed by atoms with Crippen LogP contribution in [0.4, 0.5) is 5.69 Å². The summed E-state index contributed by atoms with van der Waals surface area (Å²) in [6.07, 6.45) is 0. The van der Waals surface area contributed by atoms with E-state index in [1.54, 1.807) is 12.1 Å². The smallest absolute Gasteiger partial charge is 0.255 e. The van der Waals surface area contributed by atoms with Crippen LogP contribution in [0.25, 0.3) is 0 Å². The summed E-state index contributed by atoms with van der Waals surface area (Å²) >= 11 is 3.23. The summed E-state index contributed by atoms with van der Waals surface area (Å²) in [6.45, 7) is 0. The van der Waals surface area contributed by atoms with E-state index < -0.39 is 15.9 Å². The first-order valence-electron chi connectivity index (χ1n) is 6.48. The molecule has 0 aliphatic heterocycles. The van der Waals surface area contributed by atoms with Crippen molar-refractivity contribution in [2.75, 3.05) is 12.4 Å². The Morgan fingerprint density at radius 3 is 2.58 bits per heavy atom. The van der Waals surface area contributed by atoms with E-state index in [2.05, 4.69) is 21.2 Å². The summed E-state index contributed by atoms with van der Waals surface area (Å²) < 4.78 is 28.5. The molecule has 0 aliphatic rings. The SMILES string of the molecule is COc1cc(C(=O)Nc2ccc(Br)c(C#N)c2)ccc1S(N)(=O)=O. The number of nitrogens with one attached hydrogen (secondary N) is 1. The topological polar surface area (TPSA) is 122 Å². The number of hydrogen-bond donors (Lipinski definition) is 2. The molecule has 0 aliphatic carbocycles. The second-order valence-electron chi connectivity index (χ2n) is 4.67. The van der Waals surface area contributed by atoms with Crippen LogP contribution in [-0.4, -0.2) is 21.4 Å². The molecule has 9 heteroatoms. The van der Waals surface area contributed by atoms with Gasteiger partial charge in [0, 0.05) is 15.7 Å². The molecule has 1 amide bonds. The molecule has 2 aromatic carbocycles. The van der Waals surface area contributed by atoms with E-state index in [1.165, 1.54) is 31.4 Å². The van der Waals surface area contributed by atoms with Gasteiger partial charge in [0.1, 0.15) is 16.7 Å². The molecule has 2 aromatic rings. The minimum Gasteiger partial charge on any atom is -0.495 e. The van der Waals surface area contributed by atoms with Crippen LogP contribution in [-0.2, 0) is 10.0 Å². The van der Waals surface area contributed by atoms with Gasteiger partial charge in [0.15, 0.2) is 0 Å². The predicted molar refractivity (Wildman–Crippen MR) is 91.2 cm³/mol. The maximum absolute atomic E-state index is 12.3. The van der Waals surface area contributed by atoms with Gasteiger partial charge in [0.2, 0.25) is 10.0 Å². The fourth-order valence-corrected chi connectivity index (χ4v) is 2.95. The number of benzene rings is 2. The van der Waals surface area contributed by atoms with E-state index in [0.29, 0.717) is 15.7 Å². The highest BCUT2D eigenvalue weighted by Crippen LogP contribution is 2.25. The van der Waals surface area contributed by atoms with Crippen molar-refractivity contribution < 1.29 is 17.9 Å². The van der Waals surface area contributed by atoms with Crippen molar-refractivity contribution in [1.29, 1.82) is 5.26 Å². The number of methoxy groups -OCH3 is 1. The third kappa shape index (κ3) is 3.91. The fraction of sp³-hybridized carbons (Fsp3) is 0.0667. The van der Waals surface area contributed by atoms with E-state index in [-0.39, 0.29) is 16.2 Å². The van der Waals surface area contributed by atoms with Crippen molar-refractivity contribution in [2.45, 2.75) is 4.90 Å². The molecule has 0 spiro atoms. The maximum atomic E-state index is 12.3. The van der Waals surface area contributed by atoms with Gasteiger partial charge >= 0.3 is 0 Å². The quantitative estimate of drug-likeness (QED) is 0.801. The van der Waals surface area contributed by atoms with Gasteiger partial charge in [0.25, 0.3) is 5.91 Å². The summed E-state index contributed by atoms with van der Waals surface area (Å²) in [7, 11) is -2.68. The summed E-state index contributed by atoms with van der Waals surface area (Å²) in [5, 5.41) is 16.7. The average Bonchev–Trinajstić information content (AvgIpc) is 2.55. The van der Waals surface area contributed by atoms with Crippen LogP contribution in [0.2, 0.25) is 0 Å². The van der Waals surface area contributed by atoms with Gasteiger partial charge in [-0.1, -0.05) is 0 Å². The number of carbonyl (C=O) groups excluding carboxylic acids is 1. The number of nitrogens with two attached hydrogens (primary N) is 1. The number of rotatable bonds is 4. The van der Waals surface area contributed by atoms with Crippen molar-refractivity contribution in [3.8, 4) is 11.8 Å². The number of hydrogen-bond acceptors (Lipinski definition) is 5. The van der Waals surface area contributed by atoms with Crippen LogP contribution in [0.1, 0.15) is 15.9 Å².